The molecule has 0 aromatic carbocycles. The van der Waals surface area contributed by atoms with Crippen LogP contribution >= 0.6 is 12.2 Å². The summed E-state index contributed by atoms with van der Waals surface area (Å²) in [5, 5.41) is 2.83. The van der Waals surface area contributed by atoms with Crippen LogP contribution in [0, 0.1) is 11.7 Å². The Labute approximate surface area is 110 Å². The first-order chi connectivity index (χ1) is 8.63. The summed E-state index contributed by atoms with van der Waals surface area (Å²) in [6.07, 6.45) is 2.64. The number of pyridine rings is 1. The Morgan fingerprint density at radius 3 is 3.11 bits per heavy atom. The first-order valence-electron chi connectivity index (χ1n) is 5.94. The molecule has 0 saturated carbocycles. The van der Waals surface area contributed by atoms with Gasteiger partial charge in [0.15, 0.2) is 10.4 Å². The second kappa shape index (κ2) is 5.30. The number of carbonyl (C=O) groups is 1. The molecule has 1 amide bonds. The number of imidazole rings is 1. The van der Waals surface area contributed by atoms with Crippen molar-refractivity contribution in [2.24, 2.45) is 0 Å². The van der Waals surface area contributed by atoms with Gasteiger partial charge in [-0.2, -0.15) is 0 Å². The lowest BCUT2D eigenvalue weighted by Gasteiger charge is -2.05. The summed E-state index contributed by atoms with van der Waals surface area (Å²) in [7, 11) is 0. The number of amides is 1. The zero-order chi connectivity index (χ0) is 13.1. The minimum atomic E-state index is -0.0443. The molecule has 5 nitrogen and oxygen atoms in total. The highest BCUT2D eigenvalue weighted by molar-refractivity contribution is 7.71. The van der Waals surface area contributed by atoms with Crippen molar-refractivity contribution in [3.8, 4) is 0 Å². The van der Waals surface area contributed by atoms with E-state index in [1.165, 1.54) is 0 Å². The number of hydrogen-bond donors (Lipinski definition) is 2. The molecular weight excluding hydrogens is 248 g/mol. The van der Waals surface area contributed by atoms with E-state index in [4.69, 9.17) is 12.2 Å². The molecule has 0 aliphatic rings. The number of aromatic amines is 1. The van der Waals surface area contributed by atoms with E-state index >= 15 is 0 Å². The Morgan fingerprint density at radius 2 is 2.39 bits per heavy atom. The normalized spacial score (nSPS) is 10.8. The van der Waals surface area contributed by atoms with Gasteiger partial charge in [-0.25, -0.2) is 4.98 Å². The maximum Gasteiger partial charge on any atom is 0.240 e. The first kappa shape index (κ1) is 12.8. The molecule has 96 valence electrons. The number of hydrogen-bond acceptors (Lipinski definition) is 3. The van der Waals surface area contributed by atoms with Crippen LogP contribution in [0.15, 0.2) is 12.3 Å². The summed E-state index contributed by atoms with van der Waals surface area (Å²) in [5.41, 5.74) is 2.69. The SMILES string of the molecule is CCCNC(=O)Cn1c(=S)[nH]c2c(C)ccnc21. The van der Waals surface area contributed by atoms with E-state index in [9.17, 15) is 4.79 Å². The van der Waals surface area contributed by atoms with Gasteiger partial charge in [-0.1, -0.05) is 6.92 Å². The number of carbonyl (C=O) groups excluding carboxylic acids is 1. The number of aryl methyl sites for hydroxylation is 1. The van der Waals surface area contributed by atoms with Gasteiger partial charge in [0.05, 0.1) is 5.52 Å². The fourth-order valence-corrected chi connectivity index (χ4v) is 2.04. The predicted molar refractivity (Wildman–Crippen MR) is 73.0 cm³/mol. The molecule has 0 unspecified atom stereocenters. The summed E-state index contributed by atoms with van der Waals surface area (Å²) in [4.78, 5) is 19.1. The van der Waals surface area contributed by atoms with Crippen molar-refractivity contribution in [2.45, 2.75) is 26.8 Å². The van der Waals surface area contributed by atoms with Crippen LogP contribution in [0.25, 0.3) is 11.2 Å². The fraction of sp³-hybridized carbons (Fsp3) is 0.417. The van der Waals surface area contributed by atoms with Gasteiger partial charge in [0.2, 0.25) is 5.91 Å². The molecule has 0 bridgehead atoms. The summed E-state index contributed by atoms with van der Waals surface area (Å²) in [6.45, 7) is 4.88. The van der Waals surface area contributed by atoms with Gasteiger partial charge in [0.1, 0.15) is 6.54 Å². The van der Waals surface area contributed by atoms with E-state index in [1.54, 1.807) is 10.8 Å². The van der Waals surface area contributed by atoms with E-state index < -0.39 is 0 Å². The molecule has 2 aromatic rings. The minimum absolute atomic E-state index is 0.0443. The second-order valence-electron chi connectivity index (χ2n) is 4.19. The number of aromatic nitrogens is 3. The van der Waals surface area contributed by atoms with Crippen LogP contribution in [0.2, 0.25) is 0 Å². The zero-order valence-corrected chi connectivity index (χ0v) is 11.3. The maximum absolute atomic E-state index is 11.7. The Bertz CT molecular complexity index is 629. The summed E-state index contributed by atoms with van der Waals surface area (Å²) in [5.74, 6) is -0.0443. The number of nitrogens with zero attached hydrogens (tertiary/aromatic N) is 2. The Hall–Kier alpha value is -1.69. The number of H-pyrrole nitrogens is 1. The third kappa shape index (κ3) is 2.43. The summed E-state index contributed by atoms with van der Waals surface area (Å²) in [6, 6.07) is 1.91. The van der Waals surface area contributed by atoms with Crippen molar-refractivity contribution in [3.63, 3.8) is 0 Å². The molecule has 2 rings (SSSR count). The molecular formula is C12H16N4OS. The van der Waals surface area contributed by atoms with Gasteiger partial charge in [-0.05, 0) is 37.2 Å². The highest BCUT2D eigenvalue weighted by Crippen LogP contribution is 2.14. The number of fused-ring (bicyclic) bond motifs is 1. The Kier molecular flexibility index (Phi) is 3.76. The van der Waals surface area contributed by atoms with Crippen LogP contribution in [0.5, 0.6) is 0 Å². The predicted octanol–water partition coefficient (Wildman–Crippen LogP) is 1.93. The molecule has 0 aliphatic carbocycles. The van der Waals surface area contributed by atoms with Gasteiger partial charge >= 0.3 is 0 Å². The van der Waals surface area contributed by atoms with E-state index in [0.29, 0.717) is 11.3 Å². The van der Waals surface area contributed by atoms with Gasteiger partial charge in [-0.15, -0.1) is 0 Å². The van der Waals surface area contributed by atoms with Crippen LogP contribution in [0.4, 0.5) is 0 Å². The molecule has 2 N–H and O–H groups in total. The Balaban J connectivity index is 2.34. The quantitative estimate of drug-likeness (QED) is 0.829. The van der Waals surface area contributed by atoms with E-state index in [2.05, 4.69) is 15.3 Å². The molecule has 0 atom stereocenters. The van der Waals surface area contributed by atoms with Crippen molar-refractivity contribution in [3.05, 3.63) is 22.6 Å². The average molecular weight is 264 g/mol. The highest BCUT2D eigenvalue weighted by Gasteiger charge is 2.10. The van der Waals surface area contributed by atoms with Gasteiger partial charge in [0, 0.05) is 12.7 Å². The average Bonchev–Trinajstić information content (AvgIpc) is 2.66. The van der Waals surface area contributed by atoms with Crippen molar-refractivity contribution < 1.29 is 4.79 Å². The van der Waals surface area contributed by atoms with Crippen LogP contribution < -0.4 is 5.32 Å². The smallest absolute Gasteiger partial charge is 0.240 e. The molecule has 0 fully saturated rings. The lowest BCUT2D eigenvalue weighted by atomic mass is 10.3. The van der Waals surface area contributed by atoms with Gasteiger partial charge in [0.25, 0.3) is 0 Å². The first-order valence-corrected chi connectivity index (χ1v) is 6.35. The number of nitrogens with one attached hydrogen (secondary N) is 2. The third-order valence-electron chi connectivity index (χ3n) is 2.75. The minimum Gasteiger partial charge on any atom is -0.355 e. The molecule has 2 aromatic heterocycles. The van der Waals surface area contributed by atoms with Crippen LogP contribution in [0.1, 0.15) is 18.9 Å². The lowest BCUT2D eigenvalue weighted by Crippen LogP contribution is -2.28. The molecule has 18 heavy (non-hydrogen) atoms. The van der Waals surface area contributed by atoms with Crippen molar-refractivity contribution >= 4 is 29.3 Å². The topological polar surface area (TPSA) is 62.7 Å². The van der Waals surface area contributed by atoms with E-state index in [0.717, 1.165) is 23.1 Å². The van der Waals surface area contributed by atoms with E-state index in [-0.39, 0.29) is 12.5 Å². The van der Waals surface area contributed by atoms with Crippen molar-refractivity contribution in [2.75, 3.05) is 6.54 Å². The van der Waals surface area contributed by atoms with Gasteiger partial charge in [-0.3, -0.25) is 9.36 Å². The zero-order valence-electron chi connectivity index (χ0n) is 10.5. The standard InChI is InChI=1S/C12H16N4OS/c1-3-5-13-9(17)7-16-11-10(15-12(16)18)8(2)4-6-14-11/h4,6H,3,5,7H2,1-2H3,(H,13,17)(H,15,18). The second-order valence-corrected chi connectivity index (χ2v) is 4.58. The molecule has 0 saturated heterocycles. The number of rotatable bonds is 4. The highest BCUT2D eigenvalue weighted by atomic mass is 32.1. The molecule has 0 aliphatic heterocycles. The maximum atomic E-state index is 11.7. The largest absolute Gasteiger partial charge is 0.355 e. The van der Waals surface area contributed by atoms with Crippen molar-refractivity contribution in [1.82, 2.24) is 19.9 Å². The van der Waals surface area contributed by atoms with Crippen LogP contribution in [0.3, 0.4) is 0 Å². The van der Waals surface area contributed by atoms with E-state index in [1.807, 2.05) is 19.9 Å². The monoisotopic (exact) mass is 264 g/mol. The molecule has 0 radical (unpaired) electrons. The molecule has 2 heterocycles. The fourth-order valence-electron chi connectivity index (χ4n) is 1.78. The van der Waals surface area contributed by atoms with Crippen molar-refractivity contribution in [1.29, 1.82) is 0 Å². The molecule has 0 spiro atoms. The van der Waals surface area contributed by atoms with Crippen LogP contribution in [-0.2, 0) is 11.3 Å². The molecule has 6 heteroatoms. The third-order valence-corrected chi connectivity index (χ3v) is 3.07. The van der Waals surface area contributed by atoms with Gasteiger partial charge < -0.3 is 10.3 Å². The Morgan fingerprint density at radius 1 is 1.61 bits per heavy atom. The van der Waals surface area contributed by atoms with Crippen LogP contribution in [-0.4, -0.2) is 27.0 Å². The summed E-state index contributed by atoms with van der Waals surface area (Å²) < 4.78 is 2.25. The lowest BCUT2D eigenvalue weighted by molar-refractivity contribution is -0.121. The summed E-state index contributed by atoms with van der Waals surface area (Å²) >= 11 is 5.23.